The van der Waals surface area contributed by atoms with Crippen molar-refractivity contribution in [3.8, 4) is 39.1 Å². The molecule has 2 heteroatoms. The number of nitrogens with one attached hydrogen (secondary N) is 1. The molecule has 1 N–H and O–H groups in total. The van der Waals surface area contributed by atoms with Crippen LogP contribution in [0.5, 0.6) is 0 Å². The molecule has 0 amide bonds. The Morgan fingerprint density at radius 3 is 1.81 bits per heavy atom. The molecule has 0 spiro atoms. The first-order valence-electron chi connectivity index (χ1n) is 16.4. The van der Waals surface area contributed by atoms with Crippen LogP contribution in [0.15, 0.2) is 188 Å². The predicted octanol–water partition coefficient (Wildman–Crippen LogP) is 12.7. The third-order valence-corrected chi connectivity index (χ3v) is 9.35. The first-order valence-corrected chi connectivity index (χ1v) is 16.4. The second-order valence-corrected chi connectivity index (χ2v) is 12.3. The molecule has 0 fully saturated rings. The number of aromatic nitrogens is 1. The number of nitrogens with zero attached hydrogens (tertiary/aromatic N) is 1. The normalized spacial score (nSPS) is 11.3. The second kappa shape index (κ2) is 11.8. The van der Waals surface area contributed by atoms with Gasteiger partial charge in [0.2, 0.25) is 0 Å². The van der Waals surface area contributed by atoms with Gasteiger partial charge in [-0.2, -0.15) is 0 Å². The average Bonchev–Trinajstić information content (AvgIpc) is 3.49. The maximum absolute atomic E-state index is 3.72. The summed E-state index contributed by atoms with van der Waals surface area (Å²) in [4.78, 5) is 0. The topological polar surface area (TPSA) is 17.0 Å². The lowest BCUT2D eigenvalue weighted by atomic mass is 9.94. The van der Waals surface area contributed by atoms with Crippen molar-refractivity contribution in [3.63, 3.8) is 0 Å². The highest BCUT2D eigenvalue weighted by Crippen LogP contribution is 2.38. The number of anilines is 2. The third kappa shape index (κ3) is 5.01. The van der Waals surface area contributed by atoms with Gasteiger partial charge in [-0.1, -0.05) is 127 Å². The molecule has 0 saturated carbocycles. The largest absolute Gasteiger partial charge is 0.355 e. The van der Waals surface area contributed by atoms with Gasteiger partial charge in [0.15, 0.2) is 0 Å². The predicted molar refractivity (Wildman–Crippen MR) is 204 cm³/mol. The Morgan fingerprint density at radius 1 is 0.354 bits per heavy atom. The Kier molecular flexibility index (Phi) is 6.84. The summed E-state index contributed by atoms with van der Waals surface area (Å²) in [6.07, 6.45) is 0. The van der Waals surface area contributed by atoms with E-state index in [1.54, 1.807) is 0 Å². The van der Waals surface area contributed by atoms with Crippen molar-refractivity contribution in [3.05, 3.63) is 188 Å². The van der Waals surface area contributed by atoms with Crippen LogP contribution in [-0.2, 0) is 0 Å². The highest BCUT2D eigenvalue weighted by Gasteiger charge is 2.14. The number of benzene rings is 8. The zero-order chi connectivity index (χ0) is 31.9. The number of hydrogen-bond acceptors (Lipinski definition) is 1. The first kappa shape index (κ1) is 27.9. The van der Waals surface area contributed by atoms with Crippen LogP contribution in [-0.4, -0.2) is 4.57 Å². The third-order valence-electron chi connectivity index (χ3n) is 9.35. The molecule has 0 unspecified atom stereocenters. The number of fused-ring (bicyclic) bond motifs is 4. The van der Waals surface area contributed by atoms with E-state index in [0.29, 0.717) is 0 Å². The smallest absolute Gasteiger partial charge is 0.0541 e. The molecule has 0 bridgehead atoms. The van der Waals surface area contributed by atoms with Gasteiger partial charge in [-0.25, -0.2) is 0 Å². The maximum atomic E-state index is 3.72. The molecule has 0 aliphatic carbocycles. The molecular formula is C46H32N2. The molecule has 0 radical (unpaired) electrons. The van der Waals surface area contributed by atoms with E-state index < -0.39 is 0 Å². The molecule has 9 rings (SSSR count). The highest BCUT2D eigenvalue weighted by molar-refractivity contribution is 6.10. The minimum Gasteiger partial charge on any atom is -0.355 e. The van der Waals surface area contributed by atoms with Gasteiger partial charge in [0.1, 0.15) is 0 Å². The van der Waals surface area contributed by atoms with Gasteiger partial charge in [0.05, 0.1) is 11.0 Å². The van der Waals surface area contributed by atoms with E-state index in [2.05, 4.69) is 198 Å². The zero-order valence-corrected chi connectivity index (χ0v) is 26.3. The van der Waals surface area contributed by atoms with E-state index in [4.69, 9.17) is 0 Å². The summed E-state index contributed by atoms with van der Waals surface area (Å²) in [5.41, 5.74) is 12.9. The Labute approximate surface area is 280 Å². The SMILES string of the molecule is c1ccc(-c2cc(-c3cccc(-c4ccc5c(c4)c4ccccc4n5-c4ccccc4)c3)ccc2Nc2ccc3ccccc3c2)cc1. The fourth-order valence-electron chi connectivity index (χ4n) is 7.00. The van der Waals surface area contributed by atoms with Crippen molar-refractivity contribution in [2.24, 2.45) is 0 Å². The molecule has 2 nitrogen and oxygen atoms in total. The van der Waals surface area contributed by atoms with Crippen molar-refractivity contribution in [1.82, 2.24) is 4.57 Å². The van der Waals surface area contributed by atoms with Crippen molar-refractivity contribution >= 4 is 44.0 Å². The van der Waals surface area contributed by atoms with Gasteiger partial charge < -0.3 is 9.88 Å². The summed E-state index contributed by atoms with van der Waals surface area (Å²) in [6, 6.07) is 67.6. The minimum atomic E-state index is 1.07. The number of hydrogen-bond donors (Lipinski definition) is 1. The van der Waals surface area contributed by atoms with Crippen molar-refractivity contribution in [2.45, 2.75) is 0 Å². The molecule has 0 saturated heterocycles. The van der Waals surface area contributed by atoms with Gasteiger partial charge in [0.25, 0.3) is 0 Å². The summed E-state index contributed by atoms with van der Waals surface area (Å²) in [5.74, 6) is 0. The van der Waals surface area contributed by atoms with Crippen molar-refractivity contribution < 1.29 is 0 Å². The lowest BCUT2D eigenvalue weighted by Gasteiger charge is -2.16. The van der Waals surface area contributed by atoms with Gasteiger partial charge in [0, 0.05) is 33.4 Å². The van der Waals surface area contributed by atoms with Gasteiger partial charge in [-0.05, 0) is 99.3 Å². The molecule has 1 aromatic heterocycles. The Bertz CT molecular complexity index is 2580. The van der Waals surface area contributed by atoms with Crippen LogP contribution in [0, 0.1) is 0 Å². The first-order chi connectivity index (χ1) is 23.8. The van der Waals surface area contributed by atoms with E-state index in [-0.39, 0.29) is 0 Å². The lowest BCUT2D eigenvalue weighted by molar-refractivity contribution is 1.18. The summed E-state index contributed by atoms with van der Waals surface area (Å²) in [6.45, 7) is 0. The Morgan fingerprint density at radius 2 is 0.979 bits per heavy atom. The van der Waals surface area contributed by atoms with Crippen LogP contribution in [0.4, 0.5) is 11.4 Å². The van der Waals surface area contributed by atoms with Gasteiger partial charge in [-0.3, -0.25) is 0 Å². The van der Waals surface area contributed by atoms with Crippen LogP contribution < -0.4 is 5.32 Å². The zero-order valence-electron chi connectivity index (χ0n) is 26.3. The summed E-state index contributed by atoms with van der Waals surface area (Å²) in [7, 11) is 0. The minimum absolute atomic E-state index is 1.07. The van der Waals surface area contributed by atoms with E-state index >= 15 is 0 Å². The van der Waals surface area contributed by atoms with Crippen LogP contribution >= 0.6 is 0 Å². The maximum Gasteiger partial charge on any atom is 0.0541 e. The molecular weight excluding hydrogens is 581 g/mol. The summed E-state index contributed by atoms with van der Waals surface area (Å²) >= 11 is 0. The number of para-hydroxylation sites is 2. The summed E-state index contributed by atoms with van der Waals surface area (Å²) in [5, 5.41) is 8.70. The molecule has 0 aliphatic heterocycles. The fourth-order valence-corrected chi connectivity index (χ4v) is 7.00. The molecule has 0 aliphatic rings. The van der Waals surface area contributed by atoms with E-state index in [1.165, 1.54) is 71.6 Å². The van der Waals surface area contributed by atoms with Gasteiger partial charge in [-0.15, -0.1) is 0 Å². The monoisotopic (exact) mass is 612 g/mol. The average molecular weight is 613 g/mol. The van der Waals surface area contributed by atoms with E-state index in [9.17, 15) is 0 Å². The van der Waals surface area contributed by atoms with E-state index in [1.807, 2.05) is 0 Å². The summed E-state index contributed by atoms with van der Waals surface area (Å²) < 4.78 is 2.36. The molecule has 48 heavy (non-hydrogen) atoms. The fraction of sp³-hybridized carbons (Fsp3) is 0. The molecule has 1 heterocycles. The van der Waals surface area contributed by atoms with Crippen LogP contribution in [0.1, 0.15) is 0 Å². The molecule has 0 atom stereocenters. The van der Waals surface area contributed by atoms with Crippen LogP contribution in [0.2, 0.25) is 0 Å². The van der Waals surface area contributed by atoms with Crippen LogP contribution in [0.3, 0.4) is 0 Å². The molecule has 226 valence electrons. The van der Waals surface area contributed by atoms with Crippen molar-refractivity contribution in [2.75, 3.05) is 5.32 Å². The lowest BCUT2D eigenvalue weighted by Crippen LogP contribution is -1.94. The van der Waals surface area contributed by atoms with E-state index in [0.717, 1.165) is 11.4 Å². The molecule has 8 aromatic carbocycles. The Hall–Kier alpha value is -6.38. The second-order valence-electron chi connectivity index (χ2n) is 12.3. The standard InChI is InChI=1S/C46H32N2/c1-3-13-33(14-4-1)42-30-37(23-26-44(42)47-39-25-22-32-12-7-8-15-36(32)29-39)34-16-11-17-35(28-34)38-24-27-46-43(31-38)41-20-9-10-21-45(41)48(46)40-18-5-2-6-19-40/h1-31,47H. The number of rotatable bonds is 6. The Balaban J connectivity index is 1.12. The van der Waals surface area contributed by atoms with Crippen molar-refractivity contribution in [1.29, 1.82) is 0 Å². The highest BCUT2D eigenvalue weighted by atomic mass is 15.0. The molecule has 9 aromatic rings. The van der Waals surface area contributed by atoms with Crippen LogP contribution in [0.25, 0.3) is 71.6 Å². The van der Waals surface area contributed by atoms with Gasteiger partial charge >= 0.3 is 0 Å². The quantitative estimate of drug-likeness (QED) is 0.198.